The van der Waals surface area contributed by atoms with Gasteiger partial charge in [0, 0.05) is 22.3 Å². The van der Waals surface area contributed by atoms with E-state index in [-0.39, 0.29) is 5.78 Å². The molecule has 0 unspecified atom stereocenters. The van der Waals surface area contributed by atoms with Crippen LogP contribution in [-0.2, 0) is 11.3 Å². The fourth-order valence-corrected chi connectivity index (χ4v) is 3.13. The Labute approximate surface area is 187 Å². The van der Waals surface area contributed by atoms with Gasteiger partial charge in [0.1, 0.15) is 5.60 Å². The molecule has 0 spiro atoms. The Morgan fingerprint density at radius 2 is 1.77 bits per heavy atom. The Bertz CT molecular complexity index is 1170. The van der Waals surface area contributed by atoms with Gasteiger partial charge in [-0.1, -0.05) is 53.3 Å². The molecule has 0 bridgehead atoms. The molecule has 31 heavy (non-hydrogen) atoms. The summed E-state index contributed by atoms with van der Waals surface area (Å²) in [6.07, 6.45) is 1.81. The Morgan fingerprint density at radius 1 is 1.06 bits per heavy atom. The Kier molecular flexibility index (Phi) is 6.68. The van der Waals surface area contributed by atoms with Gasteiger partial charge in [-0.2, -0.15) is 0 Å². The first-order valence-corrected chi connectivity index (χ1v) is 10.3. The number of halogens is 1. The van der Waals surface area contributed by atoms with E-state index in [1.54, 1.807) is 49.6 Å². The normalized spacial score (nSPS) is 10.9. The lowest BCUT2D eigenvalue weighted by atomic mass is 10.1. The molecule has 0 fully saturated rings. The van der Waals surface area contributed by atoms with Crippen LogP contribution in [0, 0.1) is 18.8 Å². The number of ether oxygens (including phenoxy) is 1. The maximum atomic E-state index is 12.8. The summed E-state index contributed by atoms with van der Waals surface area (Å²) in [5, 5.41) is 0.433. The number of nitrogens with zero attached hydrogens (tertiary/aromatic N) is 1. The van der Waals surface area contributed by atoms with Crippen molar-refractivity contribution in [1.29, 1.82) is 0 Å². The summed E-state index contributed by atoms with van der Waals surface area (Å²) in [6, 6.07) is 16.0. The van der Waals surface area contributed by atoms with Crippen molar-refractivity contribution < 1.29 is 14.3 Å². The summed E-state index contributed by atoms with van der Waals surface area (Å²) >= 11 is 6.07. The summed E-state index contributed by atoms with van der Waals surface area (Å²) in [5.74, 6) is 5.53. The second kappa shape index (κ2) is 9.24. The van der Waals surface area contributed by atoms with Crippen molar-refractivity contribution >= 4 is 23.4 Å². The number of aryl methyl sites for hydroxylation is 1. The summed E-state index contributed by atoms with van der Waals surface area (Å²) in [4.78, 5) is 25.4. The van der Waals surface area contributed by atoms with Gasteiger partial charge in [-0.25, -0.2) is 4.79 Å². The van der Waals surface area contributed by atoms with Gasteiger partial charge in [0.2, 0.25) is 5.78 Å². The van der Waals surface area contributed by atoms with Crippen molar-refractivity contribution in [3.05, 3.63) is 93.8 Å². The zero-order chi connectivity index (χ0) is 22.6. The Hall–Kier alpha value is -3.29. The number of benzene rings is 2. The lowest BCUT2D eigenvalue weighted by Crippen LogP contribution is -2.24. The zero-order valence-corrected chi connectivity index (χ0v) is 18.8. The first-order chi connectivity index (χ1) is 14.6. The van der Waals surface area contributed by atoms with E-state index in [2.05, 4.69) is 11.8 Å². The minimum Gasteiger partial charge on any atom is -0.456 e. The van der Waals surface area contributed by atoms with Crippen LogP contribution in [0.25, 0.3) is 0 Å². The highest BCUT2D eigenvalue weighted by molar-refractivity contribution is 6.31. The highest BCUT2D eigenvalue weighted by Crippen LogP contribution is 2.19. The molecule has 4 nitrogen and oxygen atoms in total. The monoisotopic (exact) mass is 433 g/mol. The van der Waals surface area contributed by atoms with E-state index in [1.165, 1.54) is 0 Å². The number of ketones is 1. The third kappa shape index (κ3) is 5.87. The summed E-state index contributed by atoms with van der Waals surface area (Å²) in [7, 11) is 0. The van der Waals surface area contributed by atoms with E-state index in [9.17, 15) is 9.59 Å². The predicted molar refractivity (Wildman–Crippen MR) is 123 cm³/mol. The van der Waals surface area contributed by atoms with Gasteiger partial charge in [0.05, 0.1) is 17.8 Å². The standard InChI is InChI=1S/C26H24ClNO3/c1-18-9-11-20(12-10-18)24(29)23-8-6-16-28(23)15-5-7-19-13-14-21(27)17-22(19)25(30)31-26(2,3)4/h6,8-14,16-17H,15H2,1-4H3. The fraction of sp³-hybridized carbons (Fsp3) is 0.231. The van der Waals surface area contributed by atoms with Crippen LogP contribution in [0.5, 0.6) is 0 Å². The fourth-order valence-electron chi connectivity index (χ4n) is 2.96. The van der Waals surface area contributed by atoms with Crippen LogP contribution in [0.1, 0.15) is 58.3 Å². The van der Waals surface area contributed by atoms with Crippen molar-refractivity contribution in [2.24, 2.45) is 0 Å². The largest absolute Gasteiger partial charge is 0.456 e. The molecule has 0 amide bonds. The molecule has 3 rings (SSSR count). The number of hydrogen-bond acceptors (Lipinski definition) is 3. The van der Waals surface area contributed by atoms with E-state index < -0.39 is 11.6 Å². The molecule has 0 aliphatic rings. The zero-order valence-electron chi connectivity index (χ0n) is 18.0. The van der Waals surface area contributed by atoms with Crippen molar-refractivity contribution in [1.82, 2.24) is 4.57 Å². The average Bonchev–Trinajstić information content (AvgIpc) is 3.16. The van der Waals surface area contributed by atoms with E-state index in [0.29, 0.717) is 34.0 Å². The lowest BCUT2D eigenvalue weighted by molar-refractivity contribution is 0.00691. The van der Waals surface area contributed by atoms with Gasteiger partial charge in [-0.3, -0.25) is 4.79 Å². The molecule has 0 saturated carbocycles. The van der Waals surface area contributed by atoms with Crippen LogP contribution in [0.4, 0.5) is 0 Å². The molecule has 0 N–H and O–H groups in total. The summed E-state index contributed by atoms with van der Waals surface area (Å²) in [5.41, 5.74) is 2.50. The first kappa shape index (κ1) is 22.4. The van der Waals surface area contributed by atoms with E-state index >= 15 is 0 Å². The van der Waals surface area contributed by atoms with Gasteiger partial charge in [0.25, 0.3) is 0 Å². The first-order valence-electron chi connectivity index (χ1n) is 9.92. The Morgan fingerprint density at radius 3 is 2.45 bits per heavy atom. The third-order valence-corrected chi connectivity index (χ3v) is 4.68. The molecule has 0 aliphatic carbocycles. The molecule has 0 radical (unpaired) electrons. The van der Waals surface area contributed by atoms with Gasteiger partial charge in [-0.15, -0.1) is 0 Å². The second-order valence-electron chi connectivity index (χ2n) is 8.21. The maximum Gasteiger partial charge on any atom is 0.339 e. The van der Waals surface area contributed by atoms with Gasteiger partial charge in [-0.05, 0) is 58.0 Å². The highest BCUT2D eigenvalue weighted by atomic mass is 35.5. The number of rotatable bonds is 4. The van der Waals surface area contributed by atoms with Crippen LogP contribution in [-0.4, -0.2) is 21.9 Å². The van der Waals surface area contributed by atoms with Crippen LogP contribution in [0.3, 0.4) is 0 Å². The molecule has 1 aromatic heterocycles. The van der Waals surface area contributed by atoms with Gasteiger partial charge in [0.15, 0.2) is 0 Å². The number of carbonyl (C=O) groups is 2. The number of carbonyl (C=O) groups excluding carboxylic acids is 2. The Balaban J connectivity index is 1.83. The maximum absolute atomic E-state index is 12.8. The van der Waals surface area contributed by atoms with Crippen LogP contribution in [0.2, 0.25) is 5.02 Å². The molecule has 2 aromatic carbocycles. The minimum atomic E-state index is -0.625. The van der Waals surface area contributed by atoms with Crippen LogP contribution < -0.4 is 0 Å². The second-order valence-corrected chi connectivity index (χ2v) is 8.65. The van der Waals surface area contributed by atoms with Crippen LogP contribution in [0.15, 0.2) is 60.8 Å². The topological polar surface area (TPSA) is 48.3 Å². The number of esters is 1. The minimum absolute atomic E-state index is 0.0623. The molecule has 0 atom stereocenters. The van der Waals surface area contributed by atoms with Crippen LogP contribution >= 0.6 is 11.6 Å². The molecule has 0 saturated heterocycles. The van der Waals surface area contributed by atoms with Gasteiger partial charge >= 0.3 is 5.97 Å². The van der Waals surface area contributed by atoms with Crippen molar-refractivity contribution in [2.45, 2.75) is 39.8 Å². The third-order valence-electron chi connectivity index (χ3n) is 4.45. The van der Waals surface area contributed by atoms with Crippen molar-refractivity contribution in [3.8, 4) is 11.8 Å². The number of aromatic nitrogens is 1. The van der Waals surface area contributed by atoms with E-state index in [0.717, 1.165) is 5.56 Å². The summed E-state index contributed by atoms with van der Waals surface area (Å²) in [6.45, 7) is 7.70. The quantitative estimate of drug-likeness (QED) is 0.302. The summed E-state index contributed by atoms with van der Waals surface area (Å²) < 4.78 is 7.25. The average molecular weight is 434 g/mol. The lowest BCUT2D eigenvalue weighted by Gasteiger charge is -2.20. The van der Waals surface area contributed by atoms with Crippen molar-refractivity contribution in [3.63, 3.8) is 0 Å². The van der Waals surface area contributed by atoms with E-state index in [1.807, 2.05) is 43.5 Å². The smallest absolute Gasteiger partial charge is 0.339 e. The molecule has 5 heteroatoms. The molecule has 158 valence electrons. The molecule has 0 aliphatic heterocycles. The molecule has 1 heterocycles. The highest BCUT2D eigenvalue weighted by Gasteiger charge is 2.20. The SMILES string of the molecule is Cc1ccc(C(=O)c2cccn2CC#Cc2ccc(Cl)cc2C(=O)OC(C)(C)C)cc1. The molecular formula is C26H24ClNO3. The van der Waals surface area contributed by atoms with E-state index in [4.69, 9.17) is 16.3 Å². The molecule has 3 aromatic rings. The molecular weight excluding hydrogens is 410 g/mol. The number of hydrogen-bond donors (Lipinski definition) is 0. The van der Waals surface area contributed by atoms with Crippen molar-refractivity contribution in [2.75, 3.05) is 0 Å². The predicted octanol–water partition coefficient (Wildman–Crippen LogP) is 5.69. The van der Waals surface area contributed by atoms with Gasteiger partial charge < -0.3 is 9.30 Å².